The third-order valence-corrected chi connectivity index (χ3v) is 4.48. The van der Waals surface area contributed by atoms with E-state index in [1.54, 1.807) is 31.2 Å². The van der Waals surface area contributed by atoms with E-state index in [0.29, 0.717) is 39.8 Å². The highest BCUT2D eigenvalue weighted by Gasteiger charge is 2.20. The number of hydrogen-bond acceptors (Lipinski definition) is 6. The normalized spacial score (nSPS) is 10.5. The van der Waals surface area contributed by atoms with E-state index in [2.05, 4.69) is 9.97 Å². The quantitative estimate of drug-likeness (QED) is 0.589. The van der Waals surface area contributed by atoms with Crippen molar-refractivity contribution in [1.29, 1.82) is 0 Å². The van der Waals surface area contributed by atoms with Gasteiger partial charge in [0.25, 0.3) is 0 Å². The van der Waals surface area contributed by atoms with E-state index in [0.717, 1.165) is 0 Å². The second-order valence-electron chi connectivity index (χ2n) is 6.22. The standard InChI is InChI=1S/C21H20N2O6/c1-11-7-12(5-6-14(11)21(25)26)20-22-10-15(23-20)18(24)13-8-16(27-2)19(29-4)17(9-13)28-3/h5-10H,1-4H3,(H,22,23)(H,25,26). The van der Waals surface area contributed by atoms with Gasteiger partial charge in [-0.15, -0.1) is 0 Å². The summed E-state index contributed by atoms with van der Waals surface area (Å²) in [4.78, 5) is 31.4. The zero-order valence-electron chi connectivity index (χ0n) is 16.4. The van der Waals surface area contributed by atoms with E-state index in [-0.39, 0.29) is 17.0 Å². The number of aromatic nitrogens is 2. The molecule has 29 heavy (non-hydrogen) atoms. The van der Waals surface area contributed by atoms with Crippen LogP contribution in [-0.2, 0) is 0 Å². The molecule has 0 bridgehead atoms. The molecule has 3 aromatic rings. The molecule has 0 amide bonds. The molecule has 0 aliphatic rings. The molecule has 0 saturated heterocycles. The predicted octanol–water partition coefficient (Wildman–Crippen LogP) is 3.34. The maximum Gasteiger partial charge on any atom is 0.335 e. The fraction of sp³-hybridized carbons (Fsp3) is 0.190. The third-order valence-electron chi connectivity index (χ3n) is 4.48. The summed E-state index contributed by atoms with van der Waals surface area (Å²) in [7, 11) is 4.44. The lowest BCUT2D eigenvalue weighted by molar-refractivity contribution is 0.0696. The molecule has 150 valence electrons. The largest absolute Gasteiger partial charge is 0.493 e. The second kappa shape index (κ2) is 8.05. The van der Waals surface area contributed by atoms with Gasteiger partial charge in [-0.2, -0.15) is 0 Å². The Hall–Kier alpha value is -3.81. The minimum absolute atomic E-state index is 0.217. The minimum atomic E-state index is -0.994. The number of carboxylic acids is 1. The van der Waals surface area contributed by atoms with Crippen LogP contribution in [0.1, 0.15) is 32.0 Å². The summed E-state index contributed by atoms with van der Waals surface area (Å²) in [5.74, 6) is 0.296. The molecule has 0 aliphatic carbocycles. The number of aryl methyl sites for hydroxylation is 1. The molecule has 8 nitrogen and oxygen atoms in total. The maximum atomic E-state index is 12.9. The van der Waals surface area contributed by atoms with Gasteiger partial charge >= 0.3 is 5.97 Å². The lowest BCUT2D eigenvalue weighted by atomic mass is 10.0. The number of rotatable bonds is 7. The van der Waals surface area contributed by atoms with Gasteiger partial charge in [0.05, 0.1) is 33.1 Å². The number of carbonyl (C=O) groups is 2. The highest BCUT2D eigenvalue weighted by atomic mass is 16.5. The van der Waals surface area contributed by atoms with Crippen LogP contribution in [0.4, 0.5) is 0 Å². The Morgan fingerprint density at radius 1 is 1.00 bits per heavy atom. The Morgan fingerprint density at radius 2 is 1.66 bits per heavy atom. The van der Waals surface area contributed by atoms with Crippen molar-refractivity contribution >= 4 is 11.8 Å². The molecule has 8 heteroatoms. The summed E-state index contributed by atoms with van der Waals surface area (Å²) < 4.78 is 15.9. The average molecular weight is 396 g/mol. The SMILES string of the molecule is COc1cc(C(=O)c2cnc(-c3ccc(C(=O)O)c(C)c3)[nH]2)cc(OC)c1OC. The number of imidazole rings is 1. The molecule has 0 saturated carbocycles. The van der Waals surface area contributed by atoms with Crippen LogP contribution in [0.5, 0.6) is 17.2 Å². The molecule has 1 aromatic heterocycles. The zero-order valence-corrected chi connectivity index (χ0v) is 16.4. The monoisotopic (exact) mass is 396 g/mol. The van der Waals surface area contributed by atoms with Crippen molar-refractivity contribution in [2.45, 2.75) is 6.92 Å². The number of hydrogen-bond donors (Lipinski definition) is 2. The smallest absolute Gasteiger partial charge is 0.335 e. The van der Waals surface area contributed by atoms with E-state index >= 15 is 0 Å². The van der Waals surface area contributed by atoms with Crippen molar-refractivity contribution in [3.05, 3.63) is 58.9 Å². The van der Waals surface area contributed by atoms with Gasteiger partial charge in [0, 0.05) is 11.1 Å². The van der Waals surface area contributed by atoms with Crippen molar-refractivity contribution < 1.29 is 28.9 Å². The van der Waals surface area contributed by atoms with Gasteiger partial charge < -0.3 is 24.3 Å². The Morgan fingerprint density at radius 3 is 2.17 bits per heavy atom. The van der Waals surface area contributed by atoms with Crippen LogP contribution in [0.3, 0.4) is 0 Å². The number of benzene rings is 2. The van der Waals surface area contributed by atoms with Gasteiger partial charge in [0.1, 0.15) is 11.5 Å². The van der Waals surface area contributed by atoms with Gasteiger partial charge in [-0.05, 0) is 36.8 Å². The Bertz CT molecular complexity index is 1060. The molecule has 0 radical (unpaired) electrons. The van der Waals surface area contributed by atoms with E-state index in [1.165, 1.54) is 33.6 Å². The number of carboxylic acid groups (broad SMARTS) is 1. The number of aromatic carboxylic acids is 1. The number of H-pyrrole nitrogens is 1. The molecular formula is C21H20N2O6. The zero-order chi connectivity index (χ0) is 21.1. The maximum absolute atomic E-state index is 12.9. The summed E-state index contributed by atoms with van der Waals surface area (Å²) in [5, 5.41) is 9.16. The van der Waals surface area contributed by atoms with Crippen LogP contribution in [0, 0.1) is 6.92 Å². The van der Waals surface area contributed by atoms with Gasteiger partial charge in [-0.3, -0.25) is 4.79 Å². The average Bonchev–Trinajstić information content (AvgIpc) is 3.21. The molecule has 0 fully saturated rings. The highest BCUT2D eigenvalue weighted by molar-refractivity contribution is 6.08. The Labute approximate surface area is 167 Å². The first kappa shape index (κ1) is 19.9. The number of ketones is 1. The Balaban J connectivity index is 1.96. The molecule has 2 aromatic carbocycles. The van der Waals surface area contributed by atoms with Crippen molar-refractivity contribution in [2.24, 2.45) is 0 Å². The first-order valence-electron chi connectivity index (χ1n) is 8.63. The van der Waals surface area contributed by atoms with Crippen molar-refractivity contribution in [1.82, 2.24) is 9.97 Å². The van der Waals surface area contributed by atoms with Gasteiger partial charge in [0.15, 0.2) is 11.5 Å². The van der Waals surface area contributed by atoms with E-state index < -0.39 is 5.97 Å². The number of nitrogens with zero attached hydrogens (tertiary/aromatic N) is 1. The predicted molar refractivity (Wildman–Crippen MR) is 105 cm³/mol. The van der Waals surface area contributed by atoms with Gasteiger partial charge in [0.2, 0.25) is 11.5 Å². The molecule has 2 N–H and O–H groups in total. The number of aromatic amines is 1. The second-order valence-corrected chi connectivity index (χ2v) is 6.22. The lowest BCUT2D eigenvalue weighted by Gasteiger charge is -2.13. The summed E-state index contributed by atoms with van der Waals surface area (Å²) in [6, 6.07) is 7.99. The summed E-state index contributed by atoms with van der Waals surface area (Å²) in [6.45, 7) is 1.71. The summed E-state index contributed by atoms with van der Waals surface area (Å²) in [5.41, 5.74) is 2.11. The fourth-order valence-corrected chi connectivity index (χ4v) is 3.00. The number of carbonyl (C=O) groups excluding carboxylic acids is 1. The summed E-state index contributed by atoms with van der Waals surface area (Å²) in [6.07, 6.45) is 1.43. The van der Waals surface area contributed by atoms with Crippen LogP contribution in [0.15, 0.2) is 36.5 Å². The van der Waals surface area contributed by atoms with Crippen LogP contribution < -0.4 is 14.2 Å². The molecule has 3 rings (SSSR count). The fourth-order valence-electron chi connectivity index (χ4n) is 3.00. The third kappa shape index (κ3) is 3.77. The lowest BCUT2D eigenvalue weighted by Crippen LogP contribution is -2.04. The van der Waals surface area contributed by atoms with Crippen LogP contribution in [0.2, 0.25) is 0 Å². The van der Waals surface area contributed by atoms with E-state index in [9.17, 15) is 9.59 Å². The van der Waals surface area contributed by atoms with Crippen LogP contribution >= 0.6 is 0 Å². The van der Waals surface area contributed by atoms with Gasteiger partial charge in [-0.25, -0.2) is 9.78 Å². The first-order chi connectivity index (χ1) is 13.9. The molecule has 1 heterocycles. The van der Waals surface area contributed by atoms with E-state index in [1.807, 2.05) is 0 Å². The number of ether oxygens (including phenoxy) is 3. The minimum Gasteiger partial charge on any atom is -0.493 e. The summed E-state index contributed by atoms with van der Waals surface area (Å²) >= 11 is 0. The van der Waals surface area contributed by atoms with Crippen molar-refractivity contribution in [3.8, 4) is 28.6 Å². The molecule has 0 aliphatic heterocycles. The topological polar surface area (TPSA) is 111 Å². The number of nitrogens with one attached hydrogen (secondary N) is 1. The molecule has 0 unspecified atom stereocenters. The first-order valence-corrected chi connectivity index (χ1v) is 8.63. The molecular weight excluding hydrogens is 376 g/mol. The van der Waals surface area contributed by atoms with Crippen molar-refractivity contribution in [3.63, 3.8) is 0 Å². The van der Waals surface area contributed by atoms with Gasteiger partial charge in [-0.1, -0.05) is 6.07 Å². The molecule has 0 atom stereocenters. The van der Waals surface area contributed by atoms with E-state index in [4.69, 9.17) is 19.3 Å². The highest BCUT2D eigenvalue weighted by Crippen LogP contribution is 2.38. The van der Waals surface area contributed by atoms with Crippen LogP contribution in [-0.4, -0.2) is 48.2 Å². The Kier molecular flexibility index (Phi) is 5.54. The van der Waals surface area contributed by atoms with Crippen molar-refractivity contribution in [2.75, 3.05) is 21.3 Å². The molecule has 0 spiro atoms. The van der Waals surface area contributed by atoms with Crippen LogP contribution in [0.25, 0.3) is 11.4 Å². The number of methoxy groups -OCH3 is 3.